The second kappa shape index (κ2) is 6.89. The van der Waals surface area contributed by atoms with Crippen molar-refractivity contribution in [1.82, 2.24) is 34.9 Å². The summed E-state index contributed by atoms with van der Waals surface area (Å²) in [6.45, 7) is 0.393. The lowest BCUT2D eigenvalue weighted by molar-refractivity contribution is 0.397. The first-order valence-corrected chi connectivity index (χ1v) is 10.4. The molecule has 1 aliphatic rings. The first-order valence-electron chi connectivity index (χ1n) is 8.60. The summed E-state index contributed by atoms with van der Waals surface area (Å²) in [4.78, 5) is 15.5. The number of nitrogen functional groups attached to an aromatic ring is 1. The Kier molecular flexibility index (Phi) is 4.24. The van der Waals surface area contributed by atoms with Crippen LogP contribution >= 0.6 is 23.1 Å². The summed E-state index contributed by atoms with van der Waals surface area (Å²) < 4.78 is 7.25. The molecule has 0 aromatic carbocycles. The maximum absolute atomic E-state index is 6.25. The first-order chi connectivity index (χ1) is 13.3. The van der Waals surface area contributed by atoms with E-state index in [1.165, 1.54) is 41.4 Å². The zero-order chi connectivity index (χ0) is 18.2. The Morgan fingerprint density at radius 3 is 3.04 bits per heavy atom. The molecule has 138 valence electrons. The second-order valence-corrected chi connectivity index (χ2v) is 8.27. The topological polar surface area (TPSA) is 121 Å². The number of aryl methyl sites for hydroxylation is 2. The molecule has 4 aromatic rings. The van der Waals surface area contributed by atoms with Crippen molar-refractivity contribution in [2.45, 2.75) is 43.2 Å². The molecule has 4 heterocycles. The fourth-order valence-corrected chi connectivity index (χ4v) is 5.16. The van der Waals surface area contributed by atoms with Crippen LogP contribution in [0.4, 0.5) is 5.82 Å². The van der Waals surface area contributed by atoms with Crippen LogP contribution in [0.3, 0.4) is 0 Å². The van der Waals surface area contributed by atoms with Crippen LogP contribution < -0.4 is 5.73 Å². The molecule has 0 spiro atoms. The Balaban J connectivity index is 1.32. The van der Waals surface area contributed by atoms with Crippen LogP contribution in [0.5, 0.6) is 0 Å². The van der Waals surface area contributed by atoms with Gasteiger partial charge in [0.05, 0.1) is 11.1 Å². The van der Waals surface area contributed by atoms with Crippen LogP contribution in [0, 0.1) is 0 Å². The molecule has 0 saturated heterocycles. The van der Waals surface area contributed by atoms with Gasteiger partial charge in [0, 0.05) is 4.88 Å². The number of thioether (sulfide) groups is 1. The van der Waals surface area contributed by atoms with Crippen LogP contribution in [0.25, 0.3) is 10.2 Å². The van der Waals surface area contributed by atoms with E-state index in [2.05, 4.69) is 25.3 Å². The van der Waals surface area contributed by atoms with Crippen LogP contribution in [-0.4, -0.2) is 34.9 Å². The van der Waals surface area contributed by atoms with Gasteiger partial charge in [-0.3, -0.25) is 0 Å². The smallest absolute Gasteiger partial charge is 0.277 e. The van der Waals surface area contributed by atoms with E-state index in [4.69, 9.17) is 15.1 Å². The van der Waals surface area contributed by atoms with Gasteiger partial charge < -0.3 is 10.2 Å². The summed E-state index contributed by atoms with van der Waals surface area (Å²) >= 11 is 3.15. The molecule has 0 atom stereocenters. The highest BCUT2D eigenvalue weighted by atomic mass is 32.2. The van der Waals surface area contributed by atoms with Gasteiger partial charge in [-0.15, -0.1) is 21.5 Å². The van der Waals surface area contributed by atoms with Crippen LogP contribution in [0.2, 0.25) is 0 Å². The minimum absolute atomic E-state index is 0.393. The van der Waals surface area contributed by atoms with E-state index in [0.717, 1.165) is 23.1 Å². The molecule has 0 aliphatic heterocycles. The zero-order valence-corrected chi connectivity index (χ0v) is 16.0. The third kappa shape index (κ3) is 3.28. The van der Waals surface area contributed by atoms with Crippen molar-refractivity contribution in [1.29, 1.82) is 0 Å². The van der Waals surface area contributed by atoms with Gasteiger partial charge in [-0.25, -0.2) is 19.6 Å². The molecule has 9 nitrogen and oxygen atoms in total. The lowest BCUT2D eigenvalue weighted by atomic mass is 9.97. The fraction of sp³-hybridized carbons (Fsp3) is 0.375. The second-order valence-electron chi connectivity index (χ2n) is 6.26. The third-order valence-electron chi connectivity index (χ3n) is 4.43. The summed E-state index contributed by atoms with van der Waals surface area (Å²) in [6, 6.07) is 0. The van der Waals surface area contributed by atoms with Gasteiger partial charge in [-0.2, -0.15) is 5.10 Å². The molecular formula is C16H16N8OS2. The van der Waals surface area contributed by atoms with Gasteiger partial charge in [0.2, 0.25) is 5.89 Å². The third-order valence-corrected chi connectivity index (χ3v) is 6.43. The van der Waals surface area contributed by atoms with Crippen molar-refractivity contribution in [3.63, 3.8) is 0 Å². The number of hydrogen-bond donors (Lipinski definition) is 1. The van der Waals surface area contributed by atoms with E-state index in [9.17, 15) is 0 Å². The average molecular weight is 400 g/mol. The molecule has 1 aliphatic carbocycles. The molecule has 0 amide bonds. The molecule has 0 fully saturated rings. The number of nitrogens with zero attached hydrogens (tertiary/aromatic N) is 7. The highest BCUT2D eigenvalue weighted by Gasteiger charge is 2.20. The lowest BCUT2D eigenvalue weighted by Gasteiger charge is -2.10. The average Bonchev–Trinajstić information content (AvgIpc) is 3.39. The maximum atomic E-state index is 6.25. The van der Waals surface area contributed by atoms with Crippen molar-refractivity contribution >= 4 is 39.1 Å². The Morgan fingerprint density at radius 2 is 2.15 bits per heavy atom. The molecule has 2 N–H and O–H groups in total. The molecule has 5 rings (SSSR count). The Bertz CT molecular complexity index is 1090. The number of thiophene rings is 1. The number of rotatable bonds is 5. The van der Waals surface area contributed by atoms with Gasteiger partial charge >= 0.3 is 0 Å². The minimum atomic E-state index is 0.393. The van der Waals surface area contributed by atoms with Gasteiger partial charge in [-0.05, 0) is 31.2 Å². The molecule has 4 aromatic heterocycles. The zero-order valence-electron chi connectivity index (χ0n) is 14.3. The standard InChI is InChI=1S/C16H16N8OS2/c17-14-13-9-3-1-2-4-10(9)27-15(13)21-11(20-14)6-26-16-23-22-12(25-16)5-24-8-18-7-19-24/h7-8H,1-6H2,(H2,17,20,21). The first kappa shape index (κ1) is 16.6. The number of anilines is 1. The van der Waals surface area contributed by atoms with Crippen molar-refractivity contribution in [2.75, 3.05) is 5.73 Å². The minimum Gasteiger partial charge on any atom is -0.414 e. The van der Waals surface area contributed by atoms with Crippen LogP contribution in [0.1, 0.15) is 35.0 Å². The van der Waals surface area contributed by atoms with E-state index in [1.807, 2.05) is 0 Å². The predicted octanol–water partition coefficient (Wildman–Crippen LogP) is 2.47. The molecule has 27 heavy (non-hydrogen) atoms. The Labute approximate surface area is 162 Å². The lowest BCUT2D eigenvalue weighted by Crippen LogP contribution is -2.02. The summed E-state index contributed by atoms with van der Waals surface area (Å²) in [6.07, 6.45) is 7.72. The van der Waals surface area contributed by atoms with Crippen molar-refractivity contribution < 1.29 is 4.42 Å². The summed E-state index contributed by atoms with van der Waals surface area (Å²) in [5, 5.41) is 13.6. The Morgan fingerprint density at radius 1 is 1.22 bits per heavy atom. The van der Waals surface area contributed by atoms with E-state index < -0.39 is 0 Å². The number of nitrogens with two attached hydrogens (primary N) is 1. The SMILES string of the molecule is Nc1nc(CSc2nnc(Cn3cncn3)o2)nc2sc3c(c12)CCCC3. The fourth-order valence-electron chi connectivity index (χ4n) is 3.24. The quantitative estimate of drug-likeness (QED) is 0.503. The predicted molar refractivity (Wildman–Crippen MR) is 101 cm³/mol. The van der Waals surface area contributed by atoms with E-state index in [0.29, 0.717) is 35.1 Å². The maximum Gasteiger partial charge on any atom is 0.277 e. The highest BCUT2D eigenvalue weighted by molar-refractivity contribution is 7.98. The molecule has 0 saturated carbocycles. The van der Waals surface area contributed by atoms with Gasteiger partial charge in [0.15, 0.2) is 0 Å². The Hall–Kier alpha value is -2.53. The van der Waals surface area contributed by atoms with E-state index >= 15 is 0 Å². The molecule has 0 radical (unpaired) electrons. The van der Waals surface area contributed by atoms with Crippen LogP contribution in [0.15, 0.2) is 22.3 Å². The summed E-state index contributed by atoms with van der Waals surface area (Å²) in [5.41, 5.74) is 7.61. The largest absolute Gasteiger partial charge is 0.414 e. The van der Waals surface area contributed by atoms with E-state index in [1.54, 1.807) is 22.3 Å². The summed E-state index contributed by atoms with van der Waals surface area (Å²) in [5.74, 6) is 2.25. The van der Waals surface area contributed by atoms with Gasteiger partial charge in [-0.1, -0.05) is 11.8 Å². The normalized spacial score (nSPS) is 13.9. The monoisotopic (exact) mass is 400 g/mol. The molecule has 0 unspecified atom stereocenters. The van der Waals surface area contributed by atoms with E-state index in [-0.39, 0.29) is 0 Å². The number of hydrogen-bond acceptors (Lipinski definition) is 10. The summed E-state index contributed by atoms with van der Waals surface area (Å²) in [7, 11) is 0. The van der Waals surface area contributed by atoms with Crippen LogP contribution in [-0.2, 0) is 25.1 Å². The molecular weight excluding hydrogens is 384 g/mol. The highest BCUT2D eigenvalue weighted by Crippen LogP contribution is 2.38. The number of fused-ring (bicyclic) bond motifs is 3. The van der Waals surface area contributed by atoms with Gasteiger partial charge in [0.25, 0.3) is 5.22 Å². The van der Waals surface area contributed by atoms with Crippen molar-refractivity contribution in [3.8, 4) is 0 Å². The molecule has 0 bridgehead atoms. The molecule has 11 heteroatoms. The van der Waals surface area contributed by atoms with Crippen molar-refractivity contribution in [2.24, 2.45) is 0 Å². The van der Waals surface area contributed by atoms with Gasteiger partial charge in [0.1, 0.15) is 35.7 Å². The number of aromatic nitrogens is 7. The van der Waals surface area contributed by atoms with Crippen molar-refractivity contribution in [3.05, 3.63) is 34.8 Å².